The van der Waals surface area contributed by atoms with Crippen molar-refractivity contribution in [3.63, 3.8) is 0 Å². The highest BCUT2D eigenvalue weighted by atomic mass is 79.9. The maximum absolute atomic E-state index is 12.3. The van der Waals surface area contributed by atoms with E-state index in [9.17, 15) is 10.1 Å². The SMILES string of the molecule is CN1CCc2nc(SCC(=O)c3ccc(Br)cc3)c(C#N)cc2C1. The first-order chi connectivity index (χ1) is 11.6. The van der Waals surface area contributed by atoms with E-state index in [1.807, 2.05) is 18.2 Å². The van der Waals surface area contributed by atoms with Gasteiger partial charge in [-0.2, -0.15) is 5.26 Å². The van der Waals surface area contributed by atoms with Gasteiger partial charge in [0.05, 0.1) is 11.3 Å². The summed E-state index contributed by atoms with van der Waals surface area (Å²) >= 11 is 4.71. The lowest BCUT2D eigenvalue weighted by atomic mass is 10.0. The Kier molecular flexibility index (Phi) is 5.34. The van der Waals surface area contributed by atoms with Gasteiger partial charge in [0, 0.05) is 35.2 Å². The summed E-state index contributed by atoms with van der Waals surface area (Å²) in [4.78, 5) is 19.2. The molecule has 0 atom stereocenters. The summed E-state index contributed by atoms with van der Waals surface area (Å²) < 4.78 is 0.944. The van der Waals surface area contributed by atoms with Crippen LogP contribution in [-0.4, -0.2) is 35.0 Å². The molecule has 122 valence electrons. The van der Waals surface area contributed by atoms with Crippen molar-refractivity contribution in [2.45, 2.75) is 18.0 Å². The maximum Gasteiger partial charge on any atom is 0.173 e. The van der Waals surface area contributed by atoms with Crippen molar-refractivity contribution in [2.24, 2.45) is 0 Å². The van der Waals surface area contributed by atoms with E-state index in [1.54, 1.807) is 12.1 Å². The fourth-order valence-corrected chi connectivity index (χ4v) is 3.77. The molecule has 0 aliphatic carbocycles. The minimum absolute atomic E-state index is 0.0376. The van der Waals surface area contributed by atoms with Crippen LogP contribution in [0.4, 0.5) is 0 Å². The van der Waals surface area contributed by atoms with Gasteiger partial charge in [-0.15, -0.1) is 0 Å². The Labute approximate surface area is 154 Å². The van der Waals surface area contributed by atoms with E-state index in [2.05, 4.69) is 38.9 Å². The number of carbonyl (C=O) groups excluding carboxylic acids is 1. The third kappa shape index (κ3) is 3.86. The summed E-state index contributed by atoms with van der Waals surface area (Å²) in [6.45, 7) is 1.79. The van der Waals surface area contributed by atoms with E-state index < -0.39 is 0 Å². The zero-order valence-electron chi connectivity index (χ0n) is 13.3. The standard InChI is InChI=1S/C18H16BrN3OS/c1-22-7-6-16-14(10-22)8-13(9-20)18(21-16)24-11-17(23)12-2-4-15(19)5-3-12/h2-5,8H,6-7,10-11H2,1H3. The fraction of sp³-hybridized carbons (Fsp3) is 0.278. The number of nitrogens with zero attached hydrogens (tertiary/aromatic N) is 3. The minimum Gasteiger partial charge on any atom is -0.302 e. The molecule has 1 aliphatic heterocycles. The Morgan fingerprint density at radius 1 is 1.42 bits per heavy atom. The number of carbonyl (C=O) groups is 1. The van der Waals surface area contributed by atoms with Gasteiger partial charge in [0.15, 0.2) is 5.78 Å². The first-order valence-electron chi connectivity index (χ1n) is 7.60. The number of hydrogen-bond acceptors (Lipinski definition) is 5. The summed E-state index contributed by atoms with van der Waals surface area (Å²) in [6, 6.07) is 11.4. The lowest BCUT2D eigenvalue weighted by Gasteiger charge is -2.24. The molecule has 24 heavy (non-hydrogen) atoms. The number of pyridine rings is 1. The van der Waals surface area contributed by atoms with Crippen molar-refractivity contribution < 1.29 is 4.79 Å². The van der Waals surface area contributed by atoms with Crippen molar-refractivity contribution in [1.82, 2.24) is 9.88 Å². The smallest absolute Gasteiger partial charge is 0.173 e. The lowest BCUT2D eigenvalue weighted by molar-refractivity contribution is 0.102. The lowest BCUT2D eigenvalue weighted by Crippen LogP contribution is -2.27. The van der Waals surface area contributed by atoms with Crippen LogP contribution in [0.3, 0.4) is 0 Å². The maximum atomic E-state index is 12.3. The summed E-state index contributed by atoms with van der Waals surface area (Å²) in [5, 5.41) is 10.1. The molecule has 0 fully saturated rings. The van der Waals surface area contributed by atoms with Crippen LogP contribution in [0.25, 0.3) is 0 Å². The molecule has 3 rings (SSSR count). The number of nitriles is 1. The molecule has 2 aromatic rings. The highest BCUT2D eigenvalue weighted by Crippen LogP contribution is 2.26. The monoisotopic (exact) mass is 401 g/mol. The number of likely N-dealkylation sites (N-methyl/N-ethyl adjacent to an activating group) is 1. The first kappa shape index (κ1) is 17.2. The second kappa shape index (κ2) is 7.47. The number of thioether (sulfide) groups is 1. The Bertz CT molecular complexity index is 814. The second-order valence-corrected chi connectivity index (χ2v) is 7.64. The van der Waals surface area contributed by atoms with Gasteiger partial charge >= 0.3 is 0 Å². The third-order valence-electron chi connectivity index (χ3n) is 3.95. The van der Waals surface area contributed by atoms with Gasteiger partial charge in [-0.3, -0.25) is 4.79 Å². The zero-order valence-corrected chi connectivity index (χ0v) is 15.7. The zero-order chi connectivity index (χ0) is 17.1. The average Bonchev–Trinajstić information content (AvgIpc) is 2.59. The number of rotatable bonds is 4. The number of benzene rings is 1. The fourth-order valence-electron chi connectivity index (χ4n) is 2.64. The molecule has 6 heteroatoms. The van der Waals surface area contributed by atoms with E-state index in [-0.39, 0.29) is 11.5 Å². The highest BCUT2D eigenvalue weighted by molar-refractivity contribution is 9.10. The van der Waals surface area contributed by atoms with Gasteiger partial charge in [-0.25, -0.2) is 4.98 Å². The summed E-state index contributed by atoms with van der Waals surface area (Å²) in [6.07, 6.45) is 0.881. The van der Waals surface area contributed by atoms with E-state index >= 15 is 0 Å². The molecule has 0 amide bonds. The number of ketones is 1. The van der Waals surface area contributed by atoms with Crippen molar-refractivity contribution in [3.05, 3.63) is 57.2 Å². The molecule has 0 bridgehead atoms. The van der Waals surface area contributed by atoms with Crippen LogP contribution in [0.5, 0.6) is 0 Å². The molecule has 0 unspecified atom stereocenters. The van der Waals surface area contributed by atoms with Gasteiger partial charge in [0.25, 0.3) is 0 Å². The second-order valence-electron chi connectivity index (χ2n) is 5.77. The van der Waals surface area contributed by atoms with E-state index in [1.165, 1.54) is 11.8 Å². The number of hydrogen-bond donors (Lipinski definition) is 0. The predicted molar refractivity (Wildman–Crippen MR) is 98.2 cm³/mol. The van der Waals surface area contributed by atoms with Gasteiger partial charge in [0.1, 0.15) is 11.1 Å². The molecule has 0 N–H and O–H groups in total. The largest absolute Gasteiger partial charge is 0.302 e. The average molecular weight is 402 g/mol. The van der Waals surface area contributed by atoms with Crippen LogP contribution in [0.15, 0.2) is 39.8 Å². The van der Waals surface area contributed by atoms with E-state index in [0.29, 0.717) is 16.2 Å². The number of aromatic nitrogens is 1. The number of fused-ring (bicyclic) bond motifs is 1. The van der Waals surface area contributed by atoms with Crippen molar-refractivity contribution >= 4 is 33.5 Å². The molecule has 1 aliphatic rings. The summed E-state index contributed by atoms with van der Waals surface area (Å²) in [7, 11) is 2.06. The van der Waals surface area contributed by atoms with E-state index in [0.717, 1.165) is 35.2 Å². The molecule has 0 radical (unpaired) electrons. The molecule has 0 saturated carbocycles. The van der Waals surface area contributed by atoms with Crippen molar-refractivity contribution in [1.29, 1.82) is 5.26 Å². The molecule has 0 spiro atoms. The molecule has 0 saturated heterocycles. The van der Waals surface area contributed by atoms with Crippen LogP contribution in [0.1, 0.15) is 27.2 Å². The van der Waals surface area contributed by atoms with Crippen molar-refractivity contribution in [3.8, 4) is 6.07 Å². The van der Waals surface area contributed by atoms with Crippen LogP contribution < -0.4 is 0 Å². The van der Waals surface area contributed by atoms with Crippen LogP contribution in [-0.2, 0) is 13.0 Å². The predicted octanol–water partition coefficient (Wildman–Crippen LogP) is 3.68. The molecule has 2 heterocycles. The Morgan fingerprint density at radius 2 is 2.17 bits per heavy atom. The minimum atomic E-state index is 0.0376. The van der Waals surface area contributed by atoms with Crippen LogP contribution in [0, 0.1) is 11.3 Å². The van der Waals surface area contributed by atoms with Gasteiger partial charge < -0.3 is 4.90 Å². The summed E-state index contributed by atoms with van der Waals surface area (Å²) in [5.74, 6) is 0.317. The van der Waals surface area contributed by atoms with Crippen molar-refractivity contribution in [2.75, 3.05) is 19.3 Å². The first-order valence-corrected chi connectivity index (χ1v) is 9.37. The van der Waals surface area contributed by atoms with Gasteiger partial charge in [-0.05, 0) is 30.8 Å². The molecule has 4 nitrogen and oxygen atoms in total. The molecular weight excluding hydrogens is 386 g/mol. The van der Waals surface area contributed by atoms with Gasteiger partial charge in [0.2, 0.25) is 0 Å². The summed E-state index contributed by atoms with van der Waals surface area (Å²) in [5.41, 5.74) is 3.39. The third-order valence-corrected chi connectivity index (χ3v) is 5.47. The highest BCUT2D eigenvalue weighted by Gasteiger charge is 2.18. The topological polar surface area (TPSA) is 57.0 Å². The van der Waals surface area contributed by atoms with Crippen LogP contribution in [0.2, 0.25) is 0 Å². The molecule has 1 aromatic heterocycles. The number of Topliss-reactive ketones (excluding diaryl/α,β-unsaturated/α-hetero) is 1. The molecule has 1 aromatic carbocycles. The Morgan fingerprint density at radius 3 is 2.88 bits per heavy atom. The molecular formula is C18H16BrN3OS. The normalized spacial score (nSPS) is 14.0. The van der Waals surface area contributed by atoms with E-state index in [4.69, 9.17) is 0 Å². The quantitative estimate of drug-likeness (QED) is 0.577. The Balaban J connectivity index is 1.76. The Hall–Kier alpha value is -1.68. The van der Waals surface area contributed by atoms with Crippen LogP contribution >= 0.6 is 27.7 Å². The number of halogens is 1. The van der Waals surface area contributed by atoms with Gasteiger partial charge in [-0.1, -0.05) is 39.8 Å².